The number of fused-ring (bicyclic) bond motifs is 50. The fourth-order valence-electron chi connectivity index (χ4n) is 27.8. The van der Waals surface area contributed by atoms with E-state index in [2.05, 4.69) is 471 Å². The van der Waals surface area contributed by atoms with Crippen molar-refractivity contribution in [3.05, 3.63) is 562 Å². The van der Waals surface area contributed by atoms with Gasteiger partial charge in [-0.25, -0.2) is 0 Å². The van der Waals surface area contributed by atoms with Crippen molar-refractivity contribution in [3.63, 3.8) is 0 Å². The zero-order chi connectivity index (χ0) is 93.7. The van der Waals surface area contributed by atoms with Crippen LogP contribution >= 0.6 is 0 Å². The van der Waals surface area contributed by atoms with Crippen LogP contribution in [0.4, 0.5) is 34.1 Å². The highest BCUT2D eigenvalue weighted by Gasteiger charge is 2.57. The summed E-state index contributed by atoms with van der Waals surface area (Å²) in [6.45, 7) is 0. The van der Waals surface area contributed by atoms with Crippen molar-refractivity contribution in [3.8, 4) is 89.8 Å². The number of nitrogens with zero attached hydrogens (tertiary/aromatic N) is 2. The van der Waals surface area contributed by atoms with Gasteiger partial charge >= 0.3 is 0 Å². The predicted octanol–water partition coefficient (Wildman–Crippen LogP) is 35.5. The predicted molar refractivity (Wildman–Crippen MR) is 579 cm³/mol. The summed E-state index contributed by atoms with van der Waals surface area (Å²) in [6.07, 6.45) is 0. The average Bonchev–Trinajstić information content (AvgIpc) is 1.50. The molecule has 6 aliphatic carbocycles. The summed E-state index contributed by atoms with van der Waals surface area (Å²) >= 11 is 0. The first-order valence-corrected chi connectivity index (χ1v) is 49.6. The van der Waals surface area contributed by atoms with Gasteiger partial charge in [0.1, 0.15) is 62.1 Å². The van der Waals surface area contributed by atoms with Crippen molar-refractivity contribution < 1.29 is 27.1 Å². The highest BCUT2D eigenvalue weighted by Crippen LogP contribution is 2.71. The quantitative estimate of drug-likeness (QED) is 0.163. The SMILES string of the molecule is c1ccc2c(c1)Oc1ccccc1C21c2ccccc2-c2cc3c(cc21)oc1cccc(N(c2ccc4c(c2)C2(c5ccccc5-c5ccccc52)c2ccccc2-4)c2cccc4c2oc2ccccc24)c13.c1ccc2c(c1)Oc1ccccc1C21c2ccccc2-c2cc3c(cc21)oc1cccc(N(c2ccc4c(c2)oc2ccccc24)c2cccc4c2-c2ccccc2C42c4ccccc4-c4ccccc42)c13. The lowest BCUT2D eigenvalue weighted by atomic mass is 9.66. The lowest BCUT2D eigenvalue weighted by molar-refractivity contribution is 0.436. The normalized spacial score (nSPS) is 14.4. The van der Waals surface area contributed by atoms with Crippen LogP contribution < -0.4 is 19.3 Å². The van der Waals surface area contributed by atoms with Gasteiger partial charge in [-0.05, 0) is 249 Å². The molecular weight excluding hydrogens is 1760 g/mol. The van der Waals surface area contributed by atoms with Gasteiger partial charge in [0.2, 0.25) is 0 Å². The van der Waals surface area contributed by atoms with E-state index >= 15 is 0 Å². The first kappa shape index (κ1) is 78.2. The lowest BCUT2D eigenvalue weighted by Crippen LogP contribution is -2.32. The van der Waals surface area contributed by atoms with Crippen LogP contribution in [0.25, 0.3) is 155 Å². The molecule has 0 saturated carbocycles. The molecule has 4 spiro atoms. The van der Waals surface area contributed by atoms with Crippen LogP contribution in [0.5, 0.6) is 23.0 Å². The lowest BCUT2D eigenvalue weighted by Gasteiger charge is -2.39. The number of hydrogen-bond acceptors (Lipinski definition) is 8. The molecule has 22 aromatic carbocycles. The van der Waals surface area contributed by atoms with Gasteiger partial charge in [-0.3, -0.25) is 0 Å². The maximum atomic E-state index is 7.19. The maximum Gasteiger partial charge on any atom is 0.159 e. The first-order valence-electron chi connectivity index (χ1n) is 49.6. The number of anilines is 6. The summed E-state index contributed by atoms with van der Waals surface area (Å²) in [5, 5.41) is 8.52. The minimum absolute atomic E-state index is 0.511. The number of para-hydroxylation sites is 7. The molecule has 0 unspecified atom stereocenters. The van der Waals surface area contributed by atoms with Gasteiger partial charge in [0.25, 0.3) is 0 Å². The van der Waals surface area contributed by atoms with Crippen LogP contribution in [0.15, 0.2) is 491 Å². The smallest absolute Gasteiger partial charge is 0.159 e. The van der Waals surface area contributed by atoms with E-state index in [1.165, 1.54) is 134 Å². The second kappa shape index (κ2) is 28.5. The van der Waals surface area contributed by atoms with Crippen LogP contribution in [-0.4, -0.2) is 0 Å². The average molecular weight is 1840 g/mol. The van der Waals surface area contributed by atoms with Crippen molar-refractivity contribution in [1.29, 1.82) is 0 Å². The Morgan fingerprint density at radius 1 is 0.153 bits per heavy atom. The minimum atomic E-state index is -0.619. The third kappa shape index (κ3) is 9.81. The third-order valence-electron chi connectivity index (χ3n) is 33.1. The van der Waals surface area contributed by atoms with E-state index in [0.717, 1.165) is 167 Å². The van der Waals surface area contributed by atoms with Crippen LogP contribution in [0.3, 0.4) is 0 Å². The minimum Gasteiger partial charge on any atom is -0.457 e. The highest BCUT2D eigenvalue weighted by molar-refractivity contribution is 6.20. The van der Waals surface area contributed by atoms with Crippen LogP contribution in [0.1, 0.15) is 89.0 Å². The Balaban J connectivity index is 0.000000127. The van der Waals surface area contributed by atoms with Gasteiger partial charge in [-0.2, -0.15) is 0 Å². The Labute approximate surface area is 826 Å². The fraction of sp³-hybridized carbons (Fsp3) is 0.0294. The number of furan rings is 4. The molecule has 0 radical (unpaired) electrons. The summed E-state index contributed by atoms with van der Waals surface area (Å²) in [5.74, 6) is 3.47. The van der Waals surface area contributed by atoms with E-state index < -0.39 is 21.7 Å². The van der Waals surface area contributed by atoms with E-state index in [4.69, 9.17) is 27.1 Å². The Kier molecular flexibility index (Phi) is 15.5. The maximum absolute atomic E-state index is 7.19. The van der Waals surface area contributed by atoms with Gasteiger partial charge in [0.05, 0.1) is 55.2 Å². The molecule has 0 saturated heterocycles. The Morgan fingerprint density at radius 2 is 0.438 bits per heavy atom. The second-order valence-electron chi connectivity index (χ2n) is 39.5. The van der Waals surface area contributed by atoms with Gasteiger partial charge in [0, 0.05) is 77.6 Å². The standard InChI is InChI=1S/2C68H39NO3/c1-6-22-49-41(17-1)42-18-2-7-23-50(42)67(49)52-25-9-4-21-46(52)65-55(67)28-15-29-57(65)69(40-35-36-45-44-20-5-12-31-59(44)70-63(45)37-40)58-30-16-34-62-66(58)48-38-47-43-19-3-8-24-51(43)68(56(47)39-64(48)72-62)53-26-10-13-32-60(53)71-61-33-14-11-27-54(61)68;1-6-23-50-41(17-1)42-18-2-7-24-51(42)67(50)52-25-8-3-19-43(52)45-36-35-40(37-56(45)67)69(59-30-15-22-47-46-21-5-12-31-60(46)72-66(47)59)58-29-16-34-63-65(58)49-38-48-44-20-4-9-26-53(44)68(57(48)39-64(49)71-63)54-27-10-13-32-61(54)70-62-33-14-11-28-55(62)68/h2*1-39H. The summed E-state index contributed by atoms with van der Waals surface area (Å²) in [5.41, 5.74) is 45.1. The Bertz CT molecular complexity index is 10000. The molecule has 0 fully saturated rings. The summed E-state index contributed by atoms with van der Waals surface area (Å²) < 4.78 is 41.4. The molecular formula is C136H78N2O6. The molecule has 8 aliphatic rings. The van der Waals surface area contributed by atoms with Gasteiger partial charge in [-0.15, -0.1) is 0 Å². The zero-order valence-corrected chi connectivity index (χ0v) is 77.4. The van der Waals surface area contributed by atoms with E-state index in [-0.39, 0.29) is 0 Å². The molecule has 34 rings (SSSR count). The second-order valence-corrected chi connectivity index (χ2v) is 39.5. The molecule has 0 bridgehead atoms. The summed E-state index contributed by atoms with van der Waals surface area (Å²) in [4.78, 5) is 4.90. The number of benzene rings is 22. The summed E-state index contributed by atoms with van der Waals surface area (Å²) in [6, 6.07) is 173. The van der Waals surface area contributed by atoms with Crippen molar-refractivity contribution in [2.45, 2.75) is 21.7 Å². The molecule has 26 aromatic rings. The molecule has 668 valence electrons. The zero-order valence-electron chi connectivity index (χ0n) is 77.4. The molecule has 8 nitrogen and oxygen atoms in total. The van der Waals surface area contributed by atoms with Crippen LogP contribution in [-0.2, 0) is 21.7 Å². The molecule has 8 heteroatoms. The van der Waals surface area contributed by atoms with Crippen molar-refractivity contribution in [1.82, 2.24) is 0 Å². The van der Waals surface area contributed by atoms with E-state index in [0.29, 0.717) is 0 Å². The van der Waals surface area contributed by atoms with E-state index in [1.54, 1.807) is 0 Å². The van der Waals surface area contributed by atoms with Crippen molar-refractivity contribution in [2.75, 3.05) is 9.80 Å². The molecule has 2 aliphatic heterocycles. The third-order valence-corrected chi connectivity index (χ3v) is 33.1. The number of hydrogen-bond donors (Lipinski definition) is 0. The molecule has 144 heavy (non-hydrogen) atoms. The largest absolute Gasteiger partial charge is 0.457 e. The van der Waals surface area contributed by atoms with E-state index in [9.17, 15) is 0 Å². The molecule has 0 N–H and O–H groups in total. The monoisotopic (exact) mass is 1830 g/mol. The molecule has 6 heterocycles. The van der Waals surface area contributed by atoms with E-state index in [1.807, 2.05) is 12.1 Å². The molecule has 4 aromatic heterocycles. The summed E-state index contributed by atoms with van der Waals surface area (Å²) in [7, 11) is 0. The van der Waals surface area contributed by atoms with Crippen molar-refractivity contribution in [2.24, 2.45) is 0 Å². The topological polar surface area (TPSA) is 77.5 Å². The molecule has 0 atom stereocenters. The van der Waals surface area contributed by atoms with Crippen molar-refractivity contribution >= 4 is 122 Å². The number of rotatable bonds is 6. The van der Waals surface area contributed by atoms with Crippen LogP contribution in [0, 0.1) is 0 Å². The van der Waals surface area contributed by atoms with Gasteiger partial charge in [-0.1, -0.05) is 346 Å². The van der Waals surface area contributed by atoms with Crippen LogP contribution in [0.2, 0.25) is 0 Å². The van der Waals surface area contributed by atoms with Gasteiger partial charge < -0.3 is 36.9 Å². The van der Waals surface area contributed by atoms with Gasteiger partial charge in [0.15, 0.2) is 5.58 Å². The highest BCUT2D eigenvalue weighted by atomic mass is 16.5. The Hall–Kier alpha value is -18.8. The molecule has 0 amide bonds. The fourth-order valence-corrected chi connectivity index (χ4v) is 27.8. The number of ether oxygens (including phenoxy) is 2. The Morgan fingerprint density at radius 3 is 0.910 bits per heavy atom. The first-order chi connectivity index (χ1) is 71.4.